The van der Waals surface area contributed by atoms with Crippen LogP contribution in [0.5, 0.6) is 17.2 Å². The van der Waals surface area contributed by atoms with E-state index in [1.54, 1.807) is 19.2 Å². The SMILES string of the molecule is COc1ccccc1NC(=O)CSc1nnc([C@@H]2COc3ccccc3O2)o1. The van der Waals surface area contributed by atoms with Gasteiger partial charge >= 0.3 is 0 Å². The molecule has 144 valence electrons. The lowest BCUT2D eigenvalue weighted by molar-refractivity contribution is -0.113. The number of fused-ring (bicyclic) bond motifs is 1. The summed E-state index contributed by atoms with van der Waals surface area (Å²) in [6.07, 6.45) is -0.487. The van der Waals surface area contributed by atoms with Crippen LogP contribution in [0.3, 0.4) is 0 Å². The van der Waals surface area contributed by atoms with Crippen molar-refractivity contribution in [1.29, 1.82) is 0 Å². The van der Waals surface area contributed by atoms with E-state index in [-0.39, 0.29) is 23.5 Å². The topological polar surface area (TPSA) is 95.7 Å². The first kappa shape index (κ1) is 18.2. The lowest BCUT2D eigenvalue weighted by atomic mass is 10.2. The molecule has 1 atom stereocenters. The summed E-state index contributed by atoms with van der Waals surface area (Å²) >= 11 is 1.14. The number of nitrogens with zero attached hydrogens (tertiary/aromatic N) is 2. The molecular formula is C19H17N3O5S. The van der Waals surface area contributed by atoms with E-state index < -0.39 is 6.10 Å². The molecule has 2 heterocycles. The van der Waals surface area contributed by atoms with Crippen molar-refractivity contribution in [3.05, 3.63) is 54.4 Å². The van der Waals surface area contributed by atoms with Gasteiger partial charge in [-0.25, -0.2) is 0 Å². The number of amides is 1. The molecule has 0 saturated heterocycles. The van der Waals surface area contributed by atoms with Crippen LogP contribution in [-0.2, 0) is 4.79 Å². The Bertz CT molecular complexity index is 977. The minimum atomic E-state index is -0.487. The second kappa shape index (κ2) is 8.22. The summed E-state index contributed by atoms with van der Waals surface area (Å²) < 4.78 is 22.3. The summed E-state index contributed by atoms with van der Waals surface area (Å²) in [7, 11) is 1.55. The third kappa shape index (κ3) is 4.04. The van der Waals surface area contributed by atoms with Crippen molar-refractivity contribution >= 4 is 23.4 Å². The molecule has 0 aliphatic carbocycles. The van der Waals surface area contributed by atoms with E-state index in [0.717, 1.165) is 11.8 Å². The average molecular weight is 399 g/mol. The maximum atomic E-state index is 12.2. The van der Waals surface area contributed by atoms with Crippen LogP contribution in [0.15, 0.2) is 58.2 Å². The Hall–Kier alpha value is -3.20. The number of rotatable bonds is 6. The normalized spacial score (nSPS) is 15.1. The highest BCUT2D eigenvalue weighted by molar-refractivity contribution is 7.99. The van der Waals surface area contributed by atoms with Gasteiger partial charge in [0.25, 0.3) is 11.1 Å². The molecule has 1 aliphatic rings. The van der Waals surface area contributed by atoms with Crippen LogP contribution in [0.2, 0.25) is 0 Å². The second-order valence-electron chi connectivity index (χ2n) is 5.81. The van der Waals surface area contributed by atoms with E-state index in [1.165, 1.54) is 0 Å². The molecule has 3 aromatic rings. The highest BCUT2D eigenvalue weighted by atomic mass is 32.2. The van der Waals surface area contributed by atoms with Gasteiger partial charge in [-0.05, 0) is 24.3 Å². The third-order valence-electron chi connectivity index (χ3n) is 3.91. The largest absolute Gasteiger partial charge is 0.495 e. The summed E-state index contributed by atoms with van der Waals surface area (Å²) in [6.45, 7) is 0.275. The lowest BCUT2D eigenvalue weighted by Gasteiger charge is -2.23. The molecule has 2 aromatic carbocycles. The molecule has 8 nitrogen and oxygen atoms in total. The van der Waals surface area contributed by atoms with E-state index in [0.29, 0.717) is 28.8 Å². The maximum absolute atomic E-state index is 12.2. The van der Waals surface area contributed by atoms with Crippen molar-refractivity contribution in [3.63, 3.8) is 0 Å². The minimum Gasteiger partial charge on any atom is -0.495 e. The molecular weight excluding hydrogens is 382 g/mol. The number of thioether (sulfide) groups is 1. The Morgan fingerprint density at radius 1 is 1.18 bits per heavy atom. The third-order valence-corrected chi connectivity index (χ3v) is 4.73. The number of carbonyl (C=O) groups excluding carboxylic acids is 1. The standard InChI is InChI=1S/C19H17N3O5S/c1-24-13-7-3-2-6-12(13)20-17(23)11-28-19-22-21-18(27-19)16-10-25-14-8-4-5-9-15(14)26-16/h2-9,16H,10-11H2,1H3,(H,20,23)/t16-/m0/s1. The highest BCUT2D eigenvalue weighted by Crippen LogP contribution is 2.36. The zero-order valence-electron chi connectivity index (χ0n) is 15.0. The quantitative estimate of drug-likeness (QED) is 0.631. The number of para-hydroxylation sites is 4. The van der Waals surface area contributed by atoms with Gasteiger partial charge in [-0.1, -0.05) is 36.0 Å². The number of hydrogen-bond acceptors (Lipinski definition) is 8. The van der Waals surface area contributed by atoms with Gasteiger partial charge in [0, 0.05) is 0 Å². The van der Waals surface area contributed by atoms with Gasteiger partial charge in [-0.15, -0.1) is 10.2 Å². The monoisotopic (exact) mass is 399 g/mol. The molecule has 9 heteroatoms. The first-order valence-corrected chi connectivity index (χ1v) is 9.49. The van der Waals surface area contributed by atoms with E-state index in [1.807, 2.05) is 36.4 Å². The van der Waals surface area contributed by atoms with Gasteiger partial charge in [-0.2, -0.15) is 0 Å². The fourth-order valence-electron chi connectivity index (χ4n) is 2.61. The van der Waals surface area contributed by atoms with Crippen LogP contribution in [0.1, 0.15) is 12.0 Å². The van der Waals surface area contributed by atoms with Gasteiger partial charge in [0.15, 0.2) is 11.5 Å². The fourth-order valence-corrected chi connectivity index (χ4v) is 3.18. The first-order valence-electron chi connectivity index (χ1n) is 8.50. The summed E-state index contributed by atoms with van der Waals surface area (Å²) in [4.78, 5) is 12.2. The van der Waals surface area contributed by atoms with E-state index in [2.05, 4.69) is 15.5 Å². The van der Waals surface area contributed by atoms with E-state index in [9.17, 15) is 4.79 Å². The molecule has 0 spiro atoms. The summed E-state index contributed by atoms with van der Waals surface area (Å²) in [5.74, 6) is 2.12. The molecule has 1 aliphatic heterocycles. The predicted octanol–water partition coefficient (Wildman–Crippen LogP) is 3.32. The Morgan fingerprint density at radius 3 is 2.82 bits per heavy atom. The van der Waals surface area contributed by atoms with Gasteiger partial charge in [0.2, 0.25) is 12.0 Å². The zero-order valence-corrected chi connectivity index (χ0v) is 15.8. The van der Waals surface area contributed by atoms with Crippen LogP contribution < -0.4 is 19.5 Å². The number of aromatic nitrogens is 2. The number of methoxy groups -OCH3 is 1. The van der Waals surface area contributed by atoms with Crippen LogP contribution in [0, 0.1) is 0 Å². The smallest absolute Gasteiger partial charge is 0.277 e. The van der Waals surface area contributed by atoms with Crippen molar-refractivity contribution in [2.75, 3.05) is 24.8 Å². The number of nitrogens with one attached hydrogen (secondary N) is 1. The van der Waals surface area contributed by atoms with E-state index >= 15 is 0 Å². The Balaban J connectivity index is 1.33. The van der Waals surface area contributed by atoms with Crippen molar-refractivity contribution in [2.24, 2.45) is 0 Å². The summed E-state index contributed by atoms with van der Waals surface area (Å²) in [6, 6.07) is 14.6. The second-order valence-corrected chi connectivity index (χ2v) is 6.73. The minimum absolute atomic E-state index is 0.116. The zero-order chi connectivity index (χ0) is 19.3. The van der Waals surface area contributed by atoms with Crippen molar-refractivity contribution in [1.82, 2.24) is 10.2 Å². The highest BCUT2D eigenvalue weighted by Gasteiger charge is 2.27. The van der Waals surface area contributed by atoms with Gasteiger partial charge in [0.05, 0.1) is 18.6 Å². The molecule has 4 rings (SSSR count). The number of anilines is 1. The van der Waals surface area contributed by atoms with Crippen molar-refractivity contribution < 1.29 is 23.4 Å². The van der Waals surface area contributed by atoms with Crippen molar-refractivity contribution in [3.8, 4) is 17.2 Å². The molecule has 1 N–H and O–H groups in total. The fraction of sp³-hybridized carbons (Fsp3) is 0.211. The maximum Gasteiger partial charge on any atom is 0.277 e. The Morgan fingerprint density at radius 2 is 1.96 bits per heavy atom. The molecule has 1 amide bonds. The summed E-state index contributed by atoms with van der Waals surface area (Å²) in [5, 5.41) is 11.1. The number of ether oxygens (including phenoxy) is 3. The number of hydrogen-bond donors (Lipinski definition) is 1. The van der Waals surface area contributed by atoms with Gasteiger partial charge in [0.1, 0.15) is 12.4 Å². The van der Waals surface area contributed by atoms with Crippen LogP contribution >= 0.6 is 11.8 Å². The van der Waals surface area contributed by atoms with Crippen molar-refractivity contribution in [2.45, 2.75) is 11.3 Å². The molecule has 0 bridgehead atoms. The number of carbonyl (C=O) groups is 1. The number of benzene rings is 2. The van der Waals surface area contributed by atoms with Gasteiger partial charge in [-0.3, -0.25) is 4.79 Å². The van der Waals surface area contributed by atoms with E-state index in [4.69, 9.17) is 18.6 Å². The van der Waals surface area contributed by atoms with Crippen LogP contribution in [0.4, 0.5) is 5.69 Å². The lowest BCUT2D eigenvalue weighted by Crippen LogP contribution is -2.21. The molecule has 0 saturated carbocycles. The Kier molecular flexibility index (Phi) is 5.34. The Labute approximate surface area is 165 Å². The molecule has 0 unspecified atom stereocenters. The van der Waals surface area contributed by atoms with Gasteiger partial charge < -0.3 is 23.9 Å². The predicted molar refractivity (Wildman–Crippen MR) is 102 cm³/mol. The molecule has 1 aromatic heterocycles. The van der Waals surface area contributed by atoms with Crippen LogP contribution in [-0.4, -0.2) is 35.6 Å². The average Bonchev–Trinajstić information content (AvgIpc) is 3.21. The van der Waals surface area contributed by atoms with Crippen LogP contribution in [0.25, 0.3) is 0 Å². The molecule has 0 fully saturated rings. The first-order chi connectivity index (χ1) is 13.7. The molecule has 0 radical (unpaired) electrons. The molecule has 28 heavy (non-hydrogen) atoms. The summed E-state index contributed by atoms with van der Waals surface area (Å²) in [5.41, 5.74) is 0.605.